The number of rotatable bonds is 8. The molecule has 0 amide bonds. The van der Waals surface area contributed by atoms with Gasteiger partial charge in [0.15, 0.2) is 30.9 Å². The SMILES string of the molecule is C=CCO[C@@H]1O[C@@H](C)[C@H](O)[C@@H](O[C@@H]2O[C@@H](C)[C@H](OC(C)=O)[C@@H](OC(C)=O)[C@H]2OC(C)=O)[C@H]1O. The zero-order valence-corrected chi connectivity index (χ0v) is 19.2. The summed E-state index contributed by atoms with van der Waals surface area (Å²) in [5.41, 5.74) is 0. The van der Waals surface area contributed by atoms with Crippen LogP contribution in [0, 0.1) is 0 Å². The van der Waals surface area contributed by atoms with Crippen molar-refractivity contribution in [2.75, 3.05) is 6.61 Å². The van der Waals surface area contributed by atoms with Crippen LogP contribution in [-0.2, 0) is 47.5 Å². The molecular weight excluding hydrogens is 444 g/mol. The molecule has 0 radical (unpaired) electrons. The zero-order chi connectivity index (χ0) is 24.9. The largest absolute Gasteiger partial charge is 0.456 e. The molecule has 0 aromatic rings. The molecule has 0 aliphatic carbocycles. The molecular formula is C21H32O12. The first kappa shape index (κ1) is 27.2. The highest BCUT2D eigenvalue weighted by Crippen LogP contribution is 2.33. The van der Waals surface area contributed by atoms with E-state index in [1.54, 1.807) is 13.8 Å². The number of carbonyl (C=O) groups is 3. The van der Waals surface area contributed by atoms with Gasteiger partial charge >= 0.3 is 17.9 Å². The van der Waals surface area contributed by atoms with E-state index in [-0.39, 0.29) is 6.61 Å². The predicted octanol–water partition coefficient (Wildman–Crippen LogP) is -0.419. The lowest BCUT2D eigenvalue weighted by molar-refractivity contribution is -0.354. The first-order chi connectivity index (χ1) is 15.5. The molecule has 0 unspecified atom stereocenters. The van der Waals surface area contributed by atoms with Gasteiger partial charge in [0.25, 0.3) is 0 Å². The highest BCUT2D eigenvalue weighted by molar-refractivity contribution is 5.68. The van der Waals surface area contributed by atoms with Gasteiger partial charge in [-0.15, -0.1) is 6.58 Å². The fraction of sp³-hybridized carbons (Fsp3) is 0.762. The number of hydrogen-bond acceptors (Lipinski definition) is 12. The van der Waals surface area contributed by atoms with Gasteiger partial charge in [-0.05, 0) is 13.8 Å². The van der Waals surface area contributed by atoms with E-state index in [1.807, 2.05) is 0 Å². The molecule has 33 heavy (non-hydrogen) atoms. The van der Waals surface area contributed by atoms with Crippen LogP contribution in [0.1, 0.15) is 34.6 Å². The summed E-state index contributed by atoms with van der Waals surface area (Å²) in [6.45, 7) is 10.1. The number of carbonyl (C=O) groups excluding carboxylic acids is 3. The van der Waals surface area contributed by atoms with Gasteiger partial charge in [0, 0.05) is 20.8 Å². The smallest absolute Gasteiger partial charge is 0.303 e. The van der Waals surface area contributed by atoms with Gasteiger partial charge in [-0.2, -0.15) is 0 Å². The van der Waals surface area contributed by atoms with Crippen LogP contribution in [0.4, 0.5) is 0 Å². The fourth-order valence-electron chi connectivity index (χ4n) is 3.69. The van der Waals surface area contributed by atoms with Gasteiger partial charge < -0.3 is 43.4 Å². The Labute approximate surface area is 191 Å². The van der Waals surface area contributed by atoms with E-state index < -0.39 is 79.3 Å². The highest BCUT2D eigenvalue weighted by Gasteiger charge is 2.54. The second kappa shape index (κ2) is 11.9. The van der Waals surface area contributed by atoms with E-state index in [2.05, 4.69) is 6.58 Å². The Morgan fingerprint density at radius 3 is 1.85 bits per heavy atom. The van der Waals surface area contributed by atoms with E-state index in [4.69, 9.17) is 33.2 Å². The molecule has 188 valence electrons. The van der Waals surface area contributed by atoms with E-state index in [9.17, 15) is 24.6 Å². The Hall–Kier alpha value is -2.09. The van der Waals surface area contributed by atoms with E-state index in [0.29, 0.717) is 0 Å². The summed E-state index contributed by atoms with van der Waals surface area (Å²) in [5, 5.41) is 21.3. The van der Waals surface area contributed by atoms with Crippen molar-refractivity contribution >= 4 is 17.9 Å². The van der Waals surface area contributed by atoms with Gasteiger partial charge in [-0.1, -0.05) is 6.08 Å². The lowest BCUT2D eigenvalue weighted by Gasteiger charge is -2.47. The minimum Gasteiger partial charge on any atom is -0.456 e. The molecule has 12 nitrogen and oxygen atoms in total. The number of hydrogen-bond donors (Lipinski definition) is 2. The van der Waals surface area contributed by atoms with Crippen molar-refractivity contribution < 1.29 is 57.8 Å². The normalized spacial score (nSPS) is 38.8. The van der Waals surface area contributed by atoms with Gasteiger partial charge in [0.1, 0.15) is 18.3 Å². The molecule has 0 spiro atoms. The topological polar surface area (TPSA) is 156 Å². The van der Waals surface area contributed by atoms with Crippen LogP contribution < -0.4 is 0 Å². The molecule has 0 aromatic heterocycles. The maximum absolute atomic E-state index is 11.8. The molecule has 2 heterocycles. The summed E-state index contributed by atoms with van der Waals surface area (Å²) >= 11 is 0. The summed E-state index contributed by atoms with van der Waals surface area (Å²) in [6, 6.07) is 0. The molecule has 10 atom stereocenters. The van der Waals surface area contributed by atoms with Crippen molar-refractivity contribution in [1.29, 1.82) is 0 Å². The van der Waals surface area contributed by atoms with Crippen LogP contribution >= 0.6 is 0 Å². The Morgan fingerprint density at radius 2 is 1.30 bits per heavy atom. The lowest BCUT2D eigenvalue weighted by atomic mass is 9.97. The molecule has 2 rings (SSSR count). The lowest BCUT2D eigenvalue weighted by Crippen LogP contribution is -2.65. The standard InChI is InChI=1S/C21H32O12/c1-7-8-27-20-15(26)17(14(25)9(2)28-20)33-21-19(32-13(6)24)18(31-12(5)23)16(10(3)29-21)30-11(4)22/h7,9-10,14-21,25-26H,1,8H2,2-6H3/t9-,10-,14-,15+,16-,17+,18+,19+,20+,21-/m0/s1. The van der Waals surface area contributed by atoms with Crippen LogP contribution in [0.3, 0.4) is 0 Å². The molecule has 2 N–H and O–H groups in total. The highest BCUT2D eigenvalue weighted by atomic mass is 16.7. The second-order valence-corrected chi connectivity index (χ2v) is 7.85. The number of aliphatic hydroxyl groups is 2. The monoisotopic (exact) mass is 476 g/mol. The van der Waals surface area contributed by atoms with Crippen LogP contribution in [0.2, 0.25) is 0 Å². The Bertz CT molecular complexity index is 711. The number of esters is 3. The van der Waals surface area contributed by atoms with Gasteiger partial charge in [0.05, 0.1) is 18.8 Å². The Kier molecular flexibility index (Phi) is 9.76. The van der Waals surface area contributed by atoms with Crippen molar-refractivity contribution in [3.05, 3.63) is 12.7 Å². The second-order valence-electron chi connectivity index (χ2n) is 7.85. The first-order valence-corrected chi connectivity index (χ1v) is 10.5. The fourth-order valence-corrected chi connectivity index (χ4v) is 3.69. The molecule has 2 aliphatic heterocycles. The number of aliphatic hydroxyl groups excluding tert-OH is 2. The minimum absolute atomic E-state index is 0.0723. The van der Waals surface area contributed by atoms with E-state index in [0.717, 1.165) is 13.8 Å². The predicted molar refractivity (Wildman–Crippen MR) is 108 cm³/mol. The Balaban J connectivity index is 2.34. The summed E-state index contributed by atoms with van der Waals surface area (Å²) in [7, 11) is 0. The summed E-state index contributed by atoms with van der Waals surface area (Å²) < 4.78 is 38.4. The maximum atomic E-state index is 11.8. The molecule has 2 aliphatic rings. The van der Waals surface area contributed by atoms with Crippen molar-refractivity contribution in [3.63, 3.8) is 0 Å². The van der Waals surface area contributed by atoms with Crippen LogP contribution in [0.25, 0.3) is 0 Å². The third-order valence-electron chi connectivity index (χ3n) is 5.08. The van der Waals surface area contributed by atoms with Crippen LogP contribution in [0.15, 0.2) is 12.7 Å². The average molecular weight is 476 g/mol. The van der Waals surface area contributed by atoms with E-state index in [1.165, 1.54) is 13.0 Å². The van der Waals surface area contributed by atoms with Crippen molar-refractivity contribution in [2.45, 2.75) is 96.0 Å². The maximum Gasteiger partial charge on any atom is 0.303 e. The molecule has 0 bridgehead atoms. The molecule has 0 saturated carbocycles. The summed E-state index contributed by atoms with van der Waals surface area (Å²) in [4.78, 5) is 35.2. The minimum atomic E-state index is -1.45. The van der Waals surface area contributed by atoms with Gasteiger partial charge in [-0.25, -0.2) is 0 Å². The van der Waals surface area contributed by atoms with Gasteiger partial charge in [0.2, 0.25) is 0 Å². The third-order valence-corrected chi connectivity index (χ3v) is 5.08. The Morgan fingerprint density at radius 1 is 0.788 bits per heavy atom. The van der Waals surface area contributed by atoms with Gasteiger partial charge in [-0.3, -0.25) is 14.4 Å². The zero-order valence-electron chi connectivity index (χ0n) is 19.2. The van der Waals surface area contributed by atoms with Crippen LogP contribution in [0.5, 0.6) is 0 Å². The molecule has 2 saturated heterocycles. The van der Waals surface area contributed by atoms with Crippen molar-refractivity contribution in [3.8, 4) is 0 Å². The summed E-state index contributed by atoms with van der Waals surface area (Å²) in [5.74, 6) is -2.14. The quantitative estimate of drug-likeness (QED) is 0.265. The first-order valence-electron chi connectivity index (χ1n) is 10.5. The third kappa shape index (κ3) is 6.95. The number of ether oxygens (including phenoxy) is 7. The van der Waals surface area contributed by atoms with Crippen molar-refractivity contribution in [1.82, 2.24) is 0 Å². The summed E-state index contributed by atoms with van der Waals surface area (Å²) in [6.07, 6.45) is -10.6. The van der Waals surface area contributed by atoms with Crippen LogP contribution in [-0.4, -0.2) is 96.1 Å². The average Bonchev–Trinajstić information content (AvgIpc) is 2.71. The molecule has 12 heteroatoms. The van der Waals surface area contributed by atoms with Crippen molar-refractivity contribution in [2.24, 2.45) is 0 Å². The van der Waals surface area contributed by atoms with E-state index >= 15 is 0 Å². The molecule has 0 aromatic carbocycles. The molecule has 2 fully saturated rings.